The Labute approximate surface area is 115 Å². The molecule has 1 fully saturated rings. The van der Waals surface area contributed by atoms with Gasteiger partial charge in [0, 0.05) is 24.7 Å². The first-order valence-corrected chi connectivity index (χ1v) is 7.26. The molecule has 1 saturated carbocycles. The number of halogens is 1. The summed E-state index contributed by atoms with van der Waals surface area (Å²) in [6.07, 6.45) is 2.57. The van der Waals surface area contributed by atoms with Crippen LogP contribution >= 0.6 is 0 Å². The van der Waals surface area contributed by atoms with Gasteiger partial charge < -0.3 is 5.73 Å². The molecule has 0 aromatic heterocycles. The maximum absolute atomic E-state index is 13.0. The lowest BCUT2D eigenvalue weighted by Crippen LogP contribution is -2.44. The summed E-state index contributed by atoms with van der Waals surface area (Å²) in [4.78, 5) is 2.53. The monoisotopic (exact) mass is 264 g/mol. The van der Waals surface area contributed by atoms with E-state index in [4.69, 9.17) is 5.73 Å². The lowest BCUT2D eigenvalue weighted by Gasteiger charge is -2.34. The number of benzene rings is 1. The summed E-state index contributed by atoms with van der Waals surface area (Å²) in [6, 6.07) is 7.52. The maximum Gasteiger partial charge on any atom is 0.123 e. The van der Waals surface area contributed by atoms with Crippen LogP contribution in [-0.2, 0) is 0 Å². The second kappa shape index (κ2) is 6.02. The fourth-order valence-corrected chi connectivity index (χ4v) is 2.65. The van der Waals surface area contributed by atoms with Crippen molar-refractivity contribution in [2.75, 3.05) is 6.54 Å². The van der Waals surface area contributed by atoms with E-state index in [0.29, 0.717) is 18.0 Å². The predicted molar refractivity (Wildman–Crippen MR) is 77.4 cm³/mol. The minimum Gasteiger partial charge on any atom is -0.323 e. The molecule has 0 heterocycles. The summed E-state index contributed by atoms with van der Waals surface area (Å²) in [7, 11) is 0. The van der Waals surface area contributed by atoms with Crippen LogP contribution in [-0.4, -0.2) is 23.5 Å². The van der Waals surface area contributed by atoms with E-state index >= 15 is 0 Å². The van der Waals surface area contributed by atoms with Crippen LogP contribution in [0.15, 0.2) is 24.3 Å². The number of nitrogens with two attached hydrogens (primary N) is 1. The molecule has 1 aliphatic rings. The summed E-state index contributed by atoms with van der Waals surface area (Å²) in [5.74, 6) is 0.438. The van der Waals surface area contributed by atoms with Gasteiger partial charge >= 0.3 is 0 Å². The zero-order chi connectivity index (χ0) is 14.0. The van der Waals surface area contributed by atoms with E-state index in [0.717, 1.165) is 12.1 Å². The Bertz CT molecular complexity index is 398. The molecule has 2 unspecified atom stereocenters. The van der Waals surface area contributed by atoms with Gasteiger partial charge in [0.05, 0.1) is 0 Å². The lowest BCUT2D eigenvalue weighted by molar-refractivity contribution is 0.155. The summed E-state index contributed by atoms with van der Waals surface area (Å²) in [5.41, 5.74) is 7.38. The Morgan fingerprint density at radius 3 is 2.26 bits per heavy atom. The molecule has 19 heavy (non-hydrogen) atoms. The molecule has 106 valence electrons. The highest BCUT2D eigenvalue weighted by molar-refractivity contribution is 5.21. The van der Waals surface area contributed by atoms with Gasteiger partial charge in [-0.15, -0.1) is 0 Å². The van der Waals surface area contributed by atoms with Crippen molar-refractivity contribution in [3.05, 3.63) is 35.6 Å². The topological polar surface area (TPSA) is 29.3 Å². The first-order chi connectivity index (χ1) is 8.99. The fraction of sp³-hybridized carbons (Fsp3) is 0.625. The first kappa shape index (κ1) is 14.5. The summed E-state index contributed by atoms with van der Waals surface area (Å²) in [6.45, 7) is 7.76. The van der Waals surface area contributed by atoms with Gasteiger partial charge in [-0.3, -0.25) is 4.90 Å². The van der Waals surface area contributed by atoms with Gasteiger partial charge in [-0.2, -0.15) is 0 Å². The molecular formula is C16H25FN2. The van der Waals surface area contributed by atoms with E-state index in [1.54, 1.807) is 12.1 Å². The highest BCUT2D eigenvalue weighted by Crippen LogP contribution is 2.32. The summed E-state index contributed by atoms with van der Waals surface area (Å²) >= 11 is 0. The van der Waals surface area contributed by atoms with E-state index in [-0.39, 0.29) is 11.9 Å². The predicted octanol–water partition coefficient (Wildman–Crippen LogP) is 3.33. The van der Waals surface area contributed by atoms with Gasteiger partial charge in [-0.1, -0.05) is 26.0 Å². The average molecular weight is 264 g/mol. The van der Waals surface area contributed by atoms with Crippen molar-refractivity contribution >= 4 is 0 Å². The van der Waals surface area contributed by atoms with Crippen LogP contribution in [0.3, 0.4) is 0 Å². The second-order valence-electron chi connectivity index (χ2n) is 6.14. The summed E-state index contributed by atoms with van der Waals surface area (Å²) in [5, 5.41) is 0. The Morgan fingerprint density at radius 1 is 1.21 bits per heavy atom. The van der Waals surface area contributed by atoms with Gasteiger partial charge in [-0.05, 0) is 43.4 Å². The molecule has 1 aromatic carbocycles. The van der Waals surface area contributed by atoms with Crippen molar-refractivity contribution in [2.24, 2.45) is 11.7 Å². The quantitative estimate of drug-likeness (QED) is 0.854. The molecule has 0 amide bonds. The molecule has 2 nitrogen and oxygen atoms in total. The molecule has 0 spiro atoms. The van der Waals surface area contributed by atoms with Crippen molar-refractivity contribution < 1.29 is 4.39 Å². The van der Waals surface area contributed by atoms with Gasteiger partial charge in [0.2, 0.25) is 0 Å². The SMILES string of the molecule is CC(C)CN(C1CC1)C(C)C(N)c1ccc(F)cc1. The Balaban J connectivity index is 2.07. The second-order valence-corrected chi connectivity index (χ2v) is 6.14. The van der Waals surface area contributed by atoms with Crippen LogP contribution in [0, 0.1) is 11.7 Å². The Kier molecular flexibility index (Phi) is 4.58. The van der Waals surface area contributed by atoms with Crippen LogP contribution in [0.5, 0.6) is 0 Å². The van der Waals surface area contributed by atoms with E-state index < -0.39 is 0 Å². The molecule has 1 aliphatic carbocycles. The molecule has 0 aliphatic heterocycles. The van der Waals surface area contributed by atoms with Crippen molar-refractivity contribution in [1.29, 1.82) is 0 Å². The minimum absolute atomic E-state index is 0.0556. The molecule has 0 bridgehead atoms. The normalized spacial score (nSPS) is 18.9. The molecule has 2 rings (SSSR count). The lowest BCUT2D eigenvalue weighted by atomic mass is 9.99. The van der Waals surface area contributed by atoms with E-state index in [9.17, 15) is 4.39 Å². The van der Waals surface area contributed by atoms with Crippen molar-refractivity contribution in [2.45, 2.75) is 51.7 Å². The molecular weight excluding hydrogens is 239 g/mol. The van der Waals surface area contributed by atoms with Crippen LogP contribution in [0.2, 0.25) is 0 Å². The molecule has 3 heteroatoms. The molecule has 2 N–H and O–H groups in total. The smallest absolute Gasteiger partial charge is 0.123 e. The standard InChI is InChI=1S/C16H25FN2/c1-11(2)10-19(15-8-9-15)12(3)16(18)13-4-6-14(17)7-5-13/h4-7,11-12,15-16H,8-10,18H2,1-3H3. The minimum atomic E-state index is -0.204. The molecule has 2 atom stereocenters. The van der Waals surface area contributed by atoms with Crippen molar-refractivity contribution in [3.8, 4) is 0 Å². The van der Waals surface area contributed by atoms with Gasteiger partial charge in [0.1, 0.15) is 5.82 Å². The third kappa shape index (κ3) is 3.77. The Hall–Kier alpha value is -0.930. The number of nitrogens with zero attached hydrogens (tertiary/aromatic N) is 1. The zero-order valence-corrected chi connectivity index (χ0v) is 12.1. The fourth-order valence-electron chi connectivity index (χ4n) is 2.65. The maximum atomic E-state index is 13.0. The number of hydrogen-bond acceptors (Lipinski definition) is 2. The van der Waals surface area contributed by atoms with Crippen LogP contribution in [0.25, 0.3) is 0 Å². The van der Waals surface area contributed by atoms with Gasteiger partial charge in [-0.25, -0.2) is 4.39 Å². The first-order valence-electron chi connectivity index (χ1n) is 7.26. The van der Waals surface area contributed by atoms with Crippen LogP contribution in [0.4, 0.5) is 4.39 Å². The van der Waals surface area contributed by atoms with E-state index in [1.165, 1.54) is 25.0 Å². The highest BCUT2D eigenvalue weighted by atomic mass is 19.1. The molecule has 1 aromatic rings. The van der Waals surface area contributed by atoms with Crippen molar-refractivity contribution in [3.63, 3.8) is 0 Å². The largest absolute Gasteiger partial charge is 0.323 e. The van der Waals surface area contributed by atoms with Crippen molar-refractivity contribution in [1.82, 2.24) is 4.90 Å². The van der Waals surface area contributed by atoms with Gasteiger partial charge in [0.25, 0.3) is 0 Å². The zero-order valence-electron chi connectivity index (χ0n) is 12.1. The Morgan fingerprint density at radius 2 is 1.79 bits per heavy atom. The number of rotatable bonds is 6. The average Bonchev–Trinajstić information content (AvgIpc) is 3.19. The molecule has 0 radical (unpaired) electrons. The van der Waals surface area contributed by atoms with E-state index in [2.05, 4.69) is 25.7 Å². The van der Waals surface area contributed by atoms with Gasteiger partial charge in [0.15, 0.2) is 0 Å². The van der Waals surface area contributed by atoms with Crippen LogP contribution < -0.4 is 5.73 Å². The van der Waals surface area contributed by atoms with Crippen LogP contribution in [0.1, 0.15) is 45.2 Å². The molecule has 0 saturated heterocycles. The number of hydrogen-bond donors (Lipinski definition) is 1. The summed E-state index contributed by atoms with van der Waals surface area (Å²) < 4.78 is 13.0. The third-order valence-electron chi connectivity index (χ3n) is 3.89. The highest BCUT2D eigenvalue weighted by Gasteiger charge is 2.34. The van der Waals surface area contributed by atoms with E-state index in [1.807, 2.05) is 0 Å². The third-order valence-corrected chi connectivity index (χ3v) is 3.89.